The molecule has 0 aliphatic rings. The Morgan fingerprint density at radius 1 is 1.29 bits per heavy atom. The molecule has 1 aromatic carbocycles. The fourth-order valence-electron chi connectivity index (χ4n) is 2.13. The van der Waals surface area contributed by atoms with Gasteiger partial charge in [-0.05, 0) is 61.3 Å². The molecular formula is C15H16N4S2. The van der Waals surface area contributed by atoms with Gasteiger partial charge in [0.25, 0.3) is 0 Å². The van der Waals surface area contributed by atoms with Gasteiger partial charge in [-0.1, -0.05) is 18.2 Å². The van der Waals surface area contributed by atoms with E-state index < -0.39 is 0 Å². The van der Waals surface area contributed by atoms with Gasteiger partial charge in [0.1, 0.15) is 10.9 Å². The largest absolute Gasteiger partial charge is 0.328 e. The van der Waals surface area contributed by atoms with E-state index in [0.717, 1.165) is 32.5 Å². The number of aromatic nitrogens is 3. The normalized spacial score (nSPS) is 12.7. The van der Waals surface area contributed by atoms with Crippen molar-refractivity contribution >= 4 is 34.2 Å². The Morgan fingerprint density at radius 2 is 2.10 bits per heavy atom. The number of para-hydroxylation sites is 1. The molecule has 1 unspecified atom stereocenters. The molecule has 3 aromatic rings. The van der Waals surface area contributed by atoms with Crippen LogP contribution < -0.4 is 5.73 Å². The number of hydrogen-bond acceptors (Lipinski definition) is 6. The van der Waals surface area contributed by atoms with E-state index in [1.165, 1.54) is 17.1 Å². The minimum absolute atomic E-state index is 0.100. The van der Waals surface area contributed by atoms with Crippen molar-refractivity contribution in [1.82, 2.24) is 14.3 Å². The van der Waals surface area contributed by atoms with Crippen molar-refractivity contribution in [3.63, 3.8) is 0 Å². The van der Waals surface area contributed by atoms with E-state index in [4.69, 9.17) is 10.7 Å². The van der Waals surface area contributed by atoms with E-state index in [0.29, 0.717) is 0 Å². The quantitative estimate of drug-likeness (QED) is 0.799. The summed E-state index contributed by atoms with van der Waals surface area (Å²) in [6, 6.07) is 10.4. The van der Waals surface area contributed by atoms with Gasteiger partial charge >= 0.3 is 0 Å². The van der Waals surface area contributed by atoms with Crippen molar-refractivity contribution in [3.8, 4) is 0 Å². The fourth-order valence-corrected chi connectivity index (χ4v) is 3.81. The average molecular weight is 316 g/mol. The number of rotatable bonds is 4. The first kappa shape index (κ1) is 14.4. The molecule has 4 nitrogen and oxygen atoms in total. The molecule has 6 heteroatoms. The van der Waals surface area contributed by atoms with Crippen LogP contribution in [0.4, 0.5) is 0 Å². The first-order valence-electron chi connectivity index (χ1n) is 6.74. The number of nitrogens with two attached hydrogens (primary N) is 1. The number of fused-ring (bicyclic) bond motifs is 1. The van der Waals surface area contributed by atoms with Crippen LogP contribution in [0.1, 0.15) is 18.3 Å². The molecule has 0 spiro atoms. The number of aryl methyl sites for hydroxylation is 1. The van der Waals surface area contributed by atoms with Crippen LogP contribution in [0.3, 0.4) is 0 Å². The molecule has 2 heterocycles. The van der Waals surface area contributed by atoms with Gasteiger partial charge in [0.05, 0.1) is 5.52 Å². The smallest absolute Gasteiger partial charge is 0.176 e. The van der Waals surface area contributed by atoms with Gasteiger partial charge < -0.3 is 5.73 Å². The topological polar surface area (TPSA) is 64.7 Å². The zero-order chi connectivity index (χ0) is 14.8. The van der Waals surface area contributed by atoms with Crippen molar-refractivity contribution in [2.45, 2.75) is 35.7 Å². The summed E-state index contributed by atoms with van der Waals surface area (Å²) < 4.78 is 5.14. The molecule has 108 valence electrons. The van der Waals surface area contributed by atoms with Gasteiger partial charge in [-0.2, -0.15) is 4.37 Å². The predicted octanol–water partition coefficient (Wildman–Crippen LogP) is 3.44. The molecule has 0 bridgehead atoms. The summed E-state index contributed by atoms with van der Waals surface area (Å²) in [5.41, 5.74) is 8.14. The van der Waals surface area contributed by atoms with E-state index in [9.17, 15) is 0 Å². The van der Waals surface area contributed by atoms with Crippen LogP contribution in [0, 0.1) is 6.92 Å². The second-order valence-electron chi connectivity index (χ2n) is 5.04. The molecule has 0 aliphatic carbocycles. The first-order valence-corrected chi connectivity index (χ1v) is 8.33. The van der Waals surface area contributed by atoms with E-state index in [2.05, 4.69) is 21.5 Å². The summed E-state index contributed by atoms with van der Waals surface area (Å²) in [6.07, 6.45) is 0.804. The second kappa shape index (κ2) is 6.09. The lowest BCUT2D eigenvalue weighted by atomic mass is 10.1. The predicted molar refractivity (Wildman–Crippen MR) is 87.9 cm³/mol. The van der Waals surface area contributed by atoms with E-state index >= 15 is 0 Å². The Balaban J connectivity index is 2.04. The number of hydrogen-bond donors (Lipinski definition) is 1. The minimum atomic E-state index is 0.100. The second-order valence-corrected chi connectivity index (χ2v) is 7.02. The molecule has 0 radical (unpaired) electrons. The van der Waals surface area contributed by atoms with E-state index in [1.807, 2.05) is 32.0 Å². The number of benzene rings is 1. The maximum Gasteiger partial charge on any atom is 0.176 e. The van der Waals surface area contributed by atoms with Gasteiger partial charge in [-0.15, -0.1) is 0 Å². The van der Waals surface area contributed by atoms with Crippen LogP contribution in [-0.4, -0.2) is 20.4 Å². The van der Waals surface area contributed by atoms with Crippen molar-refractivity contribution in [1.29, 1.82) is 0 Å². The molecular weight excluding hydrogens is 300 g/mol. The lowest BCUT2D eigenvalue weighted by molar-refractivity contribution is 0.724. The van der Waals surface area contributed by atoms with Gasteiger partial charge in [0, 0.05) is 11.4 Å². The third-order valence-corrected chi connectivity index (χ3v) is 4.89. The molecule has 2 N–H and O–H groups in total. The molecule has 0 fully saturated rings. The highest BCUT2D eigenvalue weighted by atomic mass is 32.2. The molecule has 0 saturated heterocycles. The van der Waals surface area contributed by atoms with Gasteiger partial charge in [0.15, 0.2) is 4.34 Å². The van der Waals surface area contributed by atoms with E-state index in [-0.39, 0.29) is 6.04 Å². The van der Waals surface area contributed by atoms with Crippen molar-refractivity contribution < 1.29 is 0 Å². The van der Waals surface area contributed by atoms with Crippen LogP contribution >= 0.6 is 23.3 Å². The molecule has 1 atom stereocenters. The SMILES string of the molecule is Cc1nsc(Sc2nc3ccccc3cc2CC(C)N)n1. The zero-order valence-corrected chi connectivity index (χ0v) is 13.5. The molecule has 0 aliphatic heterocycles. The maximum atomic E-state index is 5.97. The minimum Gasteiger partial charge on any atom is -0.328 e. The zero-order valence-electron chi connectivity index (χ0n) is 11.9. The van der Waals surface area contributed by atoms with Gasteiger partial charge in [-0.3, -0.25) is 0 Å². The van der Waals surface area contributed by atoms with Crippen molar-refractivity contribution in [2.75, 3.05) is 0 Å². The van der Waals surface area contributed by atoms with Crippen molar-refractivity contribution in [3.05, 3.63) is 41.7 Å². The Hall–Kier alpha value is -1.50. The van der Waals surface area contributed by atoms with Crippen LogP contribution in [0.15, 0.2) is 39.7 Å². The lowest BCUT2D eigenvalue weighted by Gasteiger charge is -2.11. The van der Waals surface area contributed by atoms with Gasteiger partial charge in [0.2, 0.25) is 0 Å². The highest BCUT2D eigenvalue weighted by molar-refractivity contribution is 8.00. The third-order valence-electron chi connectivity index (χ3n) is 3.00. The summed E-state index contributed by atoms with van der Waals surface area (Å²) in [5.74, 6) is 0.803. The third kappa shape index (κ3) is 3.40. The monoisotopic (exact) mass is 316 g/mol. The maximum absolute atomic E-state index is 5.97. The van der Waals surface area contributed by atoms with Crippen LogP contribution in [0.5, 0.6) is 0 Å². The van der Waals surface area contributed by atoms with Crippen LogP contribution in [-0.2, 0) is 6.42 Å². The summed E-state index contributed by atoms with van der Waals surface area (Å²) in [4.78, 5) is 9.18. The van der Waals surface area contributed by atoms with Crippen LogP contribution in [0.2, 0.25) is 0 Å². The standard InChI is InChI=1S/C15H16N4S2/c1-9(16)7-12-8-11-5-3-4-6-13(11)18-14(12)20-15-17-10(2)19-21-15/h3-6,8-9H,7,16H2,1-2H3. The molecule has 0 amide bonds. The van der Waals surface area contributed by atoms with Crippen molar-refractivity contribution in [2.24, 2.45) is 5.73 Å². The summed E-state index contributed by atoms with van der Waals surface area (Å²) >= 11 is 2.98. The summed E-state index contributed by atoms with van der Waals surface area (Å²) in [6.45, 7) is 3.91. The molecule has 21 heavy (non-hydrogen) atoms. The Morgan fingerprint density at radius 3 is 2.81 bits per heavy atom. The fraction of sp³-hybridized carbons (Fsp3) is 0.267. The lowest BCUT2D eigenvalue weighted by Crippen LogP contribution is -2.18. The summed E-state index contributed by atoms with van der Waals surface area (Å²) in [7, 11) is 0. The Labute approximate surface area is 132 Å². The highest BCUT2D eigenvalue weighted by Crippen LogP contribution is 2.32. The van der Waals surface area contributed by atoms with Crippen LogP contribution in [0.25, 0.3) is 10.9 Å². The Bertz CT molecular complexity index is 767. The Kier molecular flexibility index (Phi) is 4.19. The molecule has 2 aromatic heterocycles. The number of nitrogens with zero attached hydrogens (tertiary/aromatic N) is 3. The van der Waals surface area contributed by atoms with Gasteiger partial charge in [-0.25, -0.2) is 9.97 Å². The highest BCUT2D eigenvalue weighted by Gasteiger charge is 2.12. The summed E-state index contributed by atoms with van der Waals surface area (Å²) in [5, 5.41) is 2.12. The molecule has 3 rings (SSSR count). The number of pyridine rings is 1. The van der Waals surface area contributed by atoms with E-state index in [1.54, 1.807) is 11.8 Å². The molecule has 0 saturated carbocycles. The average Bonchev–Trinajstić information content (AvgIpc) is 2.84. The first-order chi connectivity index (χ1) is 10.1.